The van der Waals surface area contributed by atoms with Crippen molar-refractivity contribution in [3.05, 3.63) is 125 Å². The molecule has 11 rings (SSSR count). The molecule has 3 spiro atoms. The van der Waals surface area contributed by atoms with Crippen LogP contribution in [0.4, 0.5) is 0 Å². The van der Waals surface area contributed by atoms with Gasteiger partial charge >= 0.3 is 5.97 Å². The highest BCUT2D eigenvalue weighted by Gasteiger charge is 2.71. The quantitative estimate of drug-likeness (QED) is 0.0320. The third-order valence-corrected chi connectivity index (χ3v) is 20.0. The van der Waals surface area contributed by atoms with Crippen LogP contribution in [-0.2, 0) is 31.8 Å². The molecular weight excluding hydrogens is 1020 g/mol. The van der Waals surface area contributed by atoms with E-state index < -0.39 is 71.4 Å². The second-order valence-corrected chi connectivity index (χ2v) is 24.4. The molecule has 17 atom stereocenters. The van der Waals surface area contributed by atoms with Gasteiger partial charge in [-0.3, -0.25) is 0 Å². The van der Waals surface area contributed by atoms with E-state index in [2.05, 4.69) is 49.8 Å². The molecule has 15 nitrogen and oxygen atoms in total. The standard InChI is InChI=1S/C65H82N2O13/c1-4-6-7-13-49-33-62(27-24-56-63(75,40-62)34-51-50(23-21-47-12-8-26-64(47,51)56)43-16-18-44(19-17-43)60(73)74)52-35-65(80-49)59(72)57(71)58(55(15-9-29-68)77-30-10-14-54(52)70)79-61(65)78-48-22-20-42(11-5-2)45(32-48)31-46(39-76-3)53(38-69)67-28-25-41(36-66)37-67/h5,16-20,22,24-25,27-28,32-33,37,46-47,50-59,61,68-72,75H,2,4,6-9,11-15,21,23,26,29,31,34-35,38-40H2,1,3H3,(H,73,74)/t46-,47+,50+,51+,52-,53-,54-,55+,56-,57-,58-,59+,61+,62+,63-,64-,65-/m1/s1. The minimum absolute atomic E-state index is 0.0187. The largest absolute Gasteiger partial charge is 0.482 e. The van der Waals surface area contributed by atoms with Crippen molar-refractivity contribution < 1.29 is 64.2 Å². The van der Waals surface area contributed by atoms with E-state index in [1.807, 2.05) is 41.0 Å². The molecule has 4 aliphatic carbocycles. The Morgan fingerprint density at radius 3 is 2.59 bits per heavy atom. The van der Waals surface area contributed by atoms with E-state index >= 15 is 0 Å². The summed E-state index contributed by atoms with van der Waals surface area (Å²) in [6, 6.07) is 16.4. The lowest BCUT2D eigenvalue weighted by atomic mass is 9.52. The Balaban J connectivity index is 1.08. The predicted molar refractivity (Wildman–Crippen MR) is 298 cm³/mol. The summed E-state index contributed by atoms with van der Waals surface area (Å²) in [6.45, 7) is 6.05. The van der Waals surface area contributed by atoms with Gasteiger partial charge in [0.2, 0.25) is 6.29 Å². The highest BCUT2D eigenvalue weighted by Crippen LogP contribution is 2.74. The third kappa shape index (κ3) is 10.7. The molecule has 80 heavy (non-hydrogen) atoms. The number of allylic oxidation sites excluding steroid dienone is 4. The Labute approximate surface area is 470 Å². The Hall–Kier alpha value is -5.46. The fourth-order valence-electron chi connectivity index (χ4n) is 16.4. The van der Waals surface area contributed by atoms with Gasteiger partial charge in [0.05, 0.1) is 47.8 Å². The molecule has 2 aromatic carbocycles. The van der Waals surface area contributed by atoms with Crippen LogP contribution in [0.15, 0.2) is 97.6 Å². The van der Waals surface area contributed by atoms with E-state index in [9.17, 15) is 45.8 Å². The number of fused-ring (bicyclic) bond motifs is 7. The zero-order chi connectivity index (χ0) is 56.4. The van der Waals surface area contributed by atoms with Crippen LogP contribution in [-0.4, -0.2) is 121 Å². The molecule has 3 saturated carbocycles. The summed E-state index contributed by atoms with van der Waals surface area (Å²) in [4.78, 5) is 11.9. The maximum Gasteiger partial charge on any atom is 0.335 e. The van der Waals surface area contributed by atoms with Gasteiger partial charge in [-0.2, -0.15) is 5.26 Å². The number of carboxylic acids is 1. The summed E-state index contributed by atoms with van der Waals surface area (Å²) in [6.07, 6.45) is 16.8. The number of ether oxygens (including phenoxy) is 5. The Kier molecular flexibility index (Phi) is 17.4. The summed E-state index contributed by atoms with van der Waals surface area (Å²) in [7, 11) is 1.61. The van der Waals surface area contributed by atoms with Gasteiger partial charge in [0.15, 0.2) is 5.60 Å². The maximum atomic E-state index is 13.8. The number of hydrogen-bond acceptors (Lipinski definition) is 13. The fraction of sp³-hybridized carbons (Fsp3) is 0.600. The van der Waals surface area contributed by atoms with Gasteiger partial charge in [-0.15, -0.1) is 6.58 Å². The van der Waals surface area contributed by atoms with E-state index in [4.69, 9.17) is 23.7 Å². The molecule has 8 aliphatic rings. The summed E-state index contributed by atoms with van der Waals surface area (Å²) < 4.78 is 35.4. The maximum absolute atomic E-state index is 13.8. The average Bonchev–Trinajstić information content (AvgIpc) is 3.80. The topological polar surface area (TPSA) is 234 Å². The van der Waals surface area contributed by atoms with E-state index in [0.29, 0.717) is 48.7 Å². The lowest BCUT2D eigenvalue weighted by Crippen LogP contribution is -2.71. The minimum atomic E-state index is -1.87. The number of carboxylic acid groups (broad SMARTS) is 1. The van der Waals surface area contributed by atoms with Crippen molar-refractivity contribution in [3.63, 3.8) is 0 Å². The smallest absolute Gasteiger partial charge is 0.335 e. The Morgan fingerprint density at radius 1 is 1.04 bits per heavy atom. The second kappa shape index (κ2) is 24.2. The number of rotatable bonds is 20. The number of aromatic carboxylic acids is 1. The molecule has 5 heterocycles. The summed E-state index contributed by atoms with van der Waals surface area (Å²) in [5.41, 5.74) is -0.710. The van der Waals surface area contributed by atoms with Crippen molar-refractivity contribution >= 4 is 5.97 Å². The van der Waals surface area contributed by atoms with E-state index in [0.717, 1.165) is 68.1 Å². The van der Waals surface area contributed by atoms with Gasteiger partial charge in [-0.1, -0.05) is 68.5 Å². The number of nitriles is 1. The number of aliphatic hydroxyl groups is 6. The van der Waals surface area contributed by atoms with Crippen molar-refractivity contribution in [2.24, 2.45) is 40.4 Å². The SMILES string of the molecule is C=CCc1ccc(O[C@H]2O[C@H]3[C@@H](O)[C@H](O)[C@]24C[C@H]([C@H](O)CC#CO[C@H]3CCCO)[C@@]2(C=C[C@@H]3[C@@](O)(C[C@H]5[C@H](c6ccc(C(=O)O)cc6)CC[C@@H]6CCC[C@]635)C2)C=C(CCCCC)O4)cc1C[C@H](COC)[C@@H](CO)n1ccc(C#N)c1. The number of carbonyl (C=O) groups is 1. The molecule has 0 unspecified atom stereocenters. The normalized spacial score (nSPS) is 35.7. The highest BCUT2D eigenvalue weighted by atomic mass is 16.7. The molecule has 3 bridgehead atoms. The lowest BCUT2D eigenvalue weighted by Gasteiger charge is -2.54. The molecule has 1 aromatic heterocycles. The second-order valence-electron chi connectivity index (χ2n) is 24.4. The summed E-state index contributed by atoms with van der Waals surface area (Å²) in [5, 5.41) is 92.8. The minimum Gasteiger partial charge on any atom is -0.482 e. The van der Waals surface area contributed by atoms with Crippen LogP contribution >= 0.6 is 0 Å². The van der Waals surface area contributed by atoms with Crippen LogP contribution in [0.5, 0.6) is 5.75 Å². The number of methoxy groups -OCH3 is 1. The van der Waals surface area contributed by atoms with Gasteiger partial charge < -0.3 is 64.0 Å². The number of aromatic nitrogens is 1. The molecule has 4 aliphatic heterocycles. The molecule has 7 N–H and O–H groups in total. The predicted octanol–water partition coefficient (Wildman–Crippen LogP) is 8.45. The molecular formula is C65H82N2O13. The molecule has 1 saturated heterocycles. The first-order chi connectivity index (χ1) is 38.7. The van der Waals surface area contributed by atoms with E-state index in [1.54, 1.807) is 37.7 Å². The van der Waals surface area contributed by atoms with Crippen molar-refractivity contribution in [1.82, 2.24) is 4.57 Å². The zero-order valence-electron chi connectivity index (χ0n) is 46.4. The molecule has 0 amide bonds. The van der Waals surface area contributed by atoms with Crippen molar-refractivity contribution in [2.75, 3.05) is 26.9 Å². The van der Waals surface area contributed by atoms with Crippen LogP contribution in [0.25, 0.3) is 0 Å². The first-order valence-electron chi connectivity index (χ1n) is 29.4. The van der Waals surface area contributed by atoms with Crippen molar-refractivity contribution in [2.45, 2.75) is 176 Å². The number of hydrogen-bond donors (Lipinski definition) is 7. The zero-order valence-corrected chi connectivity index (χ0v) is 46.4. The van der Waals surface area contributed by atoms with E-state index in [1.165, 1.54) is 0 Å². The molecule has 15 heteroatoms. The van der Waals surface area contributed by atoms with Gasteiger partial charge in [0.1, 0.15) is 42.3 Å². The molecule has 3 aromatic rings. The number of nitrogens with zero attached hydrogens (tertiary/aromatic N) is 2. The molecule has 4 fully saturated rings. The number of aliphatic hydroxyl groups excluding tert-OH is 5. The Morgan fingerprint density at radius 2 is 1.86 bits per heavy atom. The van der Waals surface area contributed by atoms with Crippen molar-refractivity contribution in [3.8, 4) is 23.8 Å². The number of unbranched alkanes of at least 4 members (excludes halogenated alkanes) is 2. The van der Waals surface area contributed by atoms with Gasteiger partial charge in [0.25, 0.3) is 0 Å². The van der Waals surface area contributed by atoms with Crippen LogP contribution < -0.4 is 4.74 Å². The lowest BCUT2D eigenvalue weighted by molar-refractivity contribution is -0.337. The monoisotopic (exact) mass is 1100 g/mol. The first-order valence-corrected chi connectivity index (χ1v) is 29.4. The van der Waals surface area contributed by atoms with Gasteiger partial charge in [-0.25, -0.2) is 4.79 Å². The summed E-state index contributed by atoms with van der Waals surface area (Å²) >= 11 is 0. The van der Waals surface area contributed by atoms with Crippen LogP contribution in [0.2, 0.25) is 0 Å². The third-order valence-electron chi connectivity index (χ3n) is 20.0. The summed E-state index contributed by atoms with van der Waals surface area (Å²) in [5.74, 6) is 2.40. The highest BCUT2D eigenvalue weighted by molar-refractivity contribution is 5.87. The van der Waals surface area contributed by atoms with Crippen LogP contribution in [0.3, 0.4) is 0 Å². The average molecular weight is 1100 g/mol. The van der Waals surface area contributed by atoms with Crippen molar-refractivity contribution in [1.29, 1.82) is 5.26 Å². The van der Waals surface area contributed by atoms with Gasteiger partial charge in [-0.05, 0) is 147 Å². The fourth-order valence-corrected chi connectivity index (χ4v) is 16.4. The van der Waals surface area contributed by atoms with Gasteiger partial charge in [0, 0.05) is 68.5 Å². The van der Waals surface area contributed by atoms with Crippen LogP contribution in [0, 0.1) is 63.8 Å². The number of benzene rings is 2. The van der Waals surface area contributed by atoms with E-state index in [-0.39, 0.29) is 86.6 Å². The Bertz CT molecular complexity index is 2850. The molecule has 430 valence electrons. The van der Waals surface area contributed by atoms with Crippen LogP contribution in [0.1, 0.15) is 148 Å². The molecule has 0 radical (unpaired) electrons. The first kappa shape index (κ1) is 57.8.